The zero-order chi connectivity index (χ0) is 11.8. The molecule has 14 heavy (non-hydrogen) atoms. The molecule has 0 aliphatic carbocycles. The highest BCUT2D eigenvalue weighted by Gasteiger charge is 2.24. The minimum atomic E-state index is -0.914. The van der Waals surface area contributed by atoms with Crippen molar-refractivity contribution in [3.63, 3.8) is 0 Å². The van der Waals surface area contributed by atoms with Gasteiger partial charge >= 0.3 is 6.09 Å². The number of carboxylic acid groups (broad SMARTS) is 1. The molecule has 0 bridgehead atoms. The van der Waals surface area contributed by atoms with Crippen LogP contribution in [0.5, 0.6) is 0 Å². The van der Waals surface area contributed by atoms with Crippen molar-refractivity contribution in [3.8, 4) is 6.07 Å². The number of nitrogens with zero attached hydrogens (tertiary/aromatic N) is 2. The second-order valence-electron chi connectivity index (χ2n) is 3.62. The lowest BCUT2D eigenvalue weighted by Gasteiger charge is -2.32. The normalized spacial score (nSPS) is 9.43. The zero-order valence-electron chi connectivity index (χ0n) is 9.24. The van der Waals surface area contributed by atoms with Crippen molar-refractivity contribution in [2.45, 2.75) is 33.2 Å². The molecule has 0 spiro atoms. The quantitative estimate of drug-likeness (QED) is 0.703. The average Bonchev–Trinajstić information content (AvgIpc) is 1.98. The van der Waals surface area contributed by atoms with E-state index in [-0.39, 0.29) is 5.54 Å². The van der Waals surface area contributed by atoms with Crippen LogP contribution in [-0.2, 0) is 0 Å². The Balaban J connectivity index is 0. The van der Waals surface area contributed by atoms with Crippen molar-refractivity contribution in [1.29, 1.82) is 5.26 Å². The molecule has 0 aromatic carbocycles. The first kappa shape index (κ1) is 15.2. The van der Waals surface area contributed by atoms with Gasteiger partial charge in [-0.3, -0.25) is 0 Å². The number of carbonyl (C=O) groups is 1. The molecule has 0 aliphatic heterocycles. The maximum atomic E-state index is 10.6. The predicted molar refractivity (Wildman–Crippen MR) is 54.8 cm³/mol. The van der Waals surface area contributed by atoms with E-state index < -0.39 is 6.09 Å². The molecule has 3 N–H and O–H groups in total. The van der Waals surface area contributed by atoms with Crippen LogP contribution in [0.25, 0.3) is 0 Å². The van der Waals surface area contributed by atoms with E-state index in [9.17, 15) is 4.79 Å². The fourth-order valence-corrected chi connectivity index (χ4v) is 0.847. The molecule has 0 heterocycles. The average molecular weight is 201 g/mol. The highest BCUT2D eigenvalue weighted by Crippen LogP contribution is 2.11. The summed E-state index contributed by atoms with van der Waals surface area (Å²) >= 11 is 0. The van der Waals surface area contributed by atoms with E-state index in [0.29, 0.717) is 13.1 Å². The Hall–Kier alpha value is -1.28. The zero-order valence-corrected chi connectivity index (χ0v) is 9.24. The van der Waals surface area contributed by atoms with Crippen LogP contribution in [0.1, 0.15) is 27.7 Å². The summed E-state index contributed by atoms with van der Waals surface area (Å²) in [7, 11) is 0. The summed E-state index contributed by atoms with van der Waals surface area (Å²) in [6.45, 7) is 7.72. The first-order valence-electron chi connectivity index (χ1n) is 4.32. The topological polar surface area (TPSA) is 90.4 Å². The number of hydrogen-bond acceptors (Lipinski definition) is 3. The minimum absolute atomic E-state index is 0.356. The van der Waals surface area contributed by atoms with Crippen molar-refractivity contribution in [2.24, 2.45) is 5.73 Å². The lowest BCUT2D eigenvalue weighted by atomic mass is 10.1. The second-order valence-corrected chi connectivity index (χ2v) is 3.62. The van der Waals surface area contributed by atoms with Gasteiger partial charge in [0.05, 0.1) is 6.07 Å². The van der Waals surface area contributed by atoms with Gasteiger partial charge < -0.3 is 15.7 Å². The van der Waals surface area contributed by atoms with Gasteiger partial charge in [-0.05, 0) is 20.8 Å². The summed E-state index contributed by atoms with van der Waals surface area (Å²) in [6, 6.07) is 1.75. The largest absolute Gasteiger partial charge is 0.465 e. The lowest BCUT2D eigenvalue weighted by Crippen LogP contribution is -2.47. The molecule has 0 aliphatic rings. The number of hydrogen-bond donors (Lipinski definition) is 2. The van der Waals surface area contributed by atoms with Crippen LogP contribution in [0.4, 0.5) is 4.79 Å². The molecule has 0 rings (SSSR count). The van der Waals surface area contributed by atoms with Crippen molar-refractivity contribution in [3.05, 3.63) is 0 Å². The van der Waals surface area contributed by atoms with Crippen LogP contribution in [0.2, 0.25) is 0 Å². The van der Waals surface area contributed by atoms with E-state index in [1.54, 1.807) is 6.07 Å². The van der Waals surface area contributed by atoms with Gasteiger partial charge in [0.2, 0.25) is 0 Å². The Morgan fingerprint density at radius 3 is 2.00 bits per heavy atom. The monoisotopic (exact) mass is 201 g/mol. The van der Waals surface area contributed by atoms with Crippen molar-refractivity contribution in [2.75, 3.05) is 13.1 Å². The summed E-state index contributed by atoms with van der Waals surface area (Å²) in [5, 5.41) is 16.0. The third-order valence-corrected chi connectivity index (χ3v) is 1.39. The molecule has 0 saturated carbocycles. The van der Waals surface area contributed by atoms with E-state index in [1.807, 2.05) is 20.8 Å². The van der Waals surface area contributed by atoms with Crippen molar-refractivity contribution in [1.82, 2.24) is 4.90 Å². The maximum Gasteiger partial charge on any atom is 0.407 e. The van der Waals surface area contributed by atoms with Crippen LogP contribution in [0.15, 0.2) is 0 Å². The molecule has 0 atom stereocenters. The SMILES string of the molecule is CC#N.CC(C)(C)N(CCN)C(=O)O. The van der Waals surface area contributed by atoms with Gasteiger partial charge in [0.25, 0.3) is 0 Å². The Labute approximate surface area is 85.1 Å². The molecule has 1 amide bonds. The van der Waals surface area contributed by atoms with E-state index in [0.717, 1.165) is 0 Å². The lowest BCUT2D eigenvalue weighted by molar-refractivity contribution is 0.102. The second kappa shape index (κ2) is 7.15. The Kier molecular flexibility index (Phi) is 7.77. The van der Waals surface area contributed by atoms with E-state index in [1.165, 1.54) is 11.8 Å². The smallest absolute Gasteiger partial charge is 0.407 e. The van der Waals surface area contributed by atoms with Gasteiger partial charge in [0.15, 0.2) is 0 Å². The highest BCUT2D eigenvalue weighted by atomic mass is 16.4. The fraction of sp³-hybridized carbons (Fsp3) is 0.778. The highest BCUT2D eigenvalue weighted by molar-refractivity contribution is 5.65. The molecule has 0 unspecified atom stereocenters. The molecule has 5 nitrogen and oxygen atoms in total. The third-order valence-electron chi connectivity index (χ3n) is 1.39. The van der Waals surface area contributed by atoms with E-state index in [4.69, 9.17) is 16.1 Å². The van der Waals surface area contributed by atoms with Crippen molar-refractivity contribution < 1.29 is 9.90 Å². The molecular weight excluding hydrogens is 182 g/mol. The minimum Gasteiger partial charge on any atom is -0.465 e. The molecule has 82 valence electrons. The molecule has 0 aromatic heterocycles. The molecule has 0 fully saturated rings. The van der Waals surface area contributed by atoms with Gasteiger partial charge in [-0.1, -0.05) is 0 Å². The van der Waals surface area contributed by atoms with Gasteiger partial charge in [0, 0.05) is 25.6 Å². The van der Waals surface area contributed by atoms with Crippen molar-refractivity contribution >= 4 is 6.09 Å². The van der Waals surface area contributed by atoms with Crippen LogP contribution in [0.3, 0.4) is 0 Å². The summed E-state index contributed by atoms with van der Waals surface area (Å²) in [6.07, 6.45) is -0.914. The van der Waals surface area contributed by atoms with Crippen LogP contribution in [-0.4, -0.2) is 34.7 Å². The fourth-order valence-electron chi connectivity index (χ4n) is 0.847. The number of nitrogens with two attached hydrogens (primary N) is 1. The molecular formula is C9H19N3O2. The first-order chi connectivity index (χ1) is 6.31. The van der Waals surface area contributed by atoms with E-state index in [2.05, 4.69) is 0 Å². The number of rotatable bonds is 2. The number of nitriles is 1. The summed E-state index contributed by atoms with van der Waals surface area (Å²) in [4.78, 5) is 11.9. The van der Waals surface area contributed by atoms with Gasteiger partial charge in [0.1, 0.15) is 0 Å². The molecule has 5 heteroatoms. The summed E-state index contributed by atoms with van der Waals surface area (Å²) in [5.41, 5.74) is 4.90. The molecule has 0 saturated heterocycles. The van der Waals surface area contributed by atoms with E-state index >= 15 is 0 Å². The van der Waals surface area contributed by atoms with Gasteiger partial charge in [-0.15, -0.1) is 0 Å². The summed E-state index contributed by atoms with van der Waals surface area (Å²) in [5.74, 6) is 0. The number of amides is 1. The standard InChI is InChI=1S/C7H16N2O2.C2H3N/c1-7(2,3)9(5-4-8)6(10)11;1-2-3/h4-5,8H2,1-3H3,(H,10,11);1H3. The van der Waals surface area contributed by atoms with Gasteiger partial charge in [-0.25, -0.2) is 4.79 Å². The van der Waals surface area contributed by atoms with Crippen LogP contribution in [0, 0.1) is 11.3 Å². The molecule has 0 aromatic rings. The Bertz CT molecular complexity index is 203. The van der Waals surface area contributed by atoms with Crippen LogP contribution >= 0.6 is 0 Å². The predicted octanol–water partition coefficient (Wildman–Crippen LogP) is 1.25. The summed E-state index contributed by atoms with van der Waals surface area (Å²) < 4.78 is 0. The Morgan fingerprint density at radius 1 is 1.57 bits per heavy atom. The Morgan fingerprint density at radius 2 is 1.93 bits per heavy atom. The first-order valence-corrected chi connectivity index (χ1v) is 4.32. The van der Waals surface area contributed by atoms with Gasteiger partial charge in [-0.2, -0.15) is 5.26 Å². The maximum absolute atomic E-state index is 10.6. The molecule has 0 radical (unpaired) electrons. The third kappa shape index (κ3) is 7.37. The van der Waals surface area contributed by atoms with Crippen LogP contribution < -0.4 is 5.73 Å².